The minimum atomic E-state index is -3.56. The molecule has 2 aliphatic rings. The Labute approximate surface area is 195 Å². The molecule has 0 unspecified atom stereocenters. The van der Waals surface area contributed by atoms with Gasteiger partial charge in [-0.15, -0.1) is 0 Å². The second-order valence-corrected chi connectivity index (χ2v) is 11.0. The summed E-state index contributed by atoms with van der Waals surface area (Å²) in [5.74, 6) is -0.171. The summed E-state index contributed by atoms with van der Waals surface area (Å²) in [4.78, 5) is 15.3. The molecule has 1 amide bonds. The van der Waals surface area contributed by atoms with Crippen LogP contribution in [0.5, 0.6) is 0 Å². The Hall–Kier alpha value is -1.93. The van der Waals surface area contributed by atoms with Gasteiger partial charge in [0.25, 0.3) is 0 Å². The molecule has 0 aliphatic carbocycles. The molecule has 2 saturated heterocycles. The van der Waals surface area contributed by atoms with Crippen LogP contribution in [0.3, 0.4) is 0 Å². The molecule has 2 heterocycles. The number of hydrogen-bond acceptors (Lipinski definition) is 4. The quantitative estimate of drug-likeness (QED) is 0.663. The Morgan fingerprint density at radius 1 is 0.906 bits per heavy atom. The number of hydrogen-bond donors (Lipinski definition) is 1. The number of benzene rings is 2. The molecule has 8 heteroatoms. The summed E-state index contributed by atoms with van der Waals surface area (Å²) in [5, 5.41) is 3.52. The lowest BCUT2D eigenvalue weighted by molar-refractivity contribution is -0.126. The first-order valence-electron chi connectivity index (χ1n) is 11.3. The van der Waals surface area contributed by atoms with Crippen LogP contribution in [0.15, 0.2) is 53.4 Å². The largest absolute Gasteiger partial charge is 0.352 e. The molecule has 2 aliphatic heterocycles. The van der Waals surface area contributed by atoms with Gasteiger partial charge in [0.15, 0.2) is 0 Å². The van der Waals surface area contributed by atoms with E-state index in [0.717, 1.165) is 12.1 Å². The van der Waals surface area contributed by atoms with E-state index in [0.29, 0.717) is 37.5 Å². The van der Waals surface area contributed by atoms with Crippen molar-refractivity contribution >= 4 is 27.5 Å². The van der Waals surface area contributed by atoms with E-state index in [1.807, 2.05) is 0 Å². The van der Waals surface area contributed by atoms with Crippen molar-refractivity contribution in [3.05, 3.63) is 64.7 Å². The third-order valence-corrected chi connectivity index (χ3v) is 8.54. The Morgan fingerprint density at radius 2 is 1.50 bits per heavy atom. The third-order valence-electron chi connectivity index (χ3n) is 6.37. The predicted octanol–water partition coefficient (Wildman–Crippen LogP) is 3.65. The molecule has 2 aromatic carbocycles. The Morgan fingerprint density at radius 3 is 2.12 bits per heavy atom. The summed E-state index contributed by atoms with van der Waals surface area (Å²) >= 11 is 5.86. The molecule has 0 radical (unpaired) electrons. The van der Waals surface area contributed by atoms with Crippen molar-refractivity contribution in [2.75, 3.05) is 26.2 Å². The number of carbonyl (C=O) groups is 1. The van der Waals surface area contributed by atoms with Gasteiger partial charge in [-0.05, 0) is 74.2 Å². The van der Waals surface area contributed by atoms with Crippen molar-refractivity contribution in [2.45, 2.75) is 43.7 Å². The summed E-state index contributed by atoms with van der Waals surface area (Å²) in [6.45, 7) is 4.52. The normalized spacial score (nSPS) is 18.7. The molecule has 0 saturated carbocycles. The minimum Gasteiger partial charge on any atom is -0.352 e. The van der Waals surface area contributed by atoms with Gasteiger partial charge in [0.1, 0.15) is 0 Å². The molecule has 0 spiro atoms. The van der Waals surface area contributed by atoms with Crippen LogP contribution in [-0.4, -0.2) is 49.7 Å². The zero-order valence-electron chi connectivity index (χ0n) is 18.2. The predicted molar refractivity (Wildman–Crippen MR) is 126 cm³/mol. The summed E-state index contributed by atoms with van der Waals surface area (Å²) < 4.78 is 27.1. The van der Waals surface area contributed by atoms with Crippen LogP contribution in [0, 0.1) is 5.92 Å². The van der Waals surface area contributed by atoms with Crippen LogP contribution in [0.25, 0.3) is 0 Å². The lowest BCUT2D eigenvalue weighted by atomic mass is 9.97. The third kappa shape index (κ3) is 5.70. The number of sulfonamides is 1. The number of halogens is 1. The van der Waals surface area contributed by atoms with Crippen molar-refractivity contribution in [3.8, 4) is 0 Å². The van der Waals surface area contributed by atoms with E-state index < -0.39 is 10.0 Å². The maximum absolute atomic E-state index is 12.8. The monoisotopic (exact) mass is 475 g/mol. The topological polar surface area (TPSA) is 69.7 Å². The number of nitrogens with one attached hydrogen (secondary N) is 1. The van der Waals surface area contributed by atoms with Crippen molar-refractivity contribution in [1.82, 2.24) is 14.5 Å². The van der Waals surface area contributed by atoms with Gasteiger partial charge in [-0.3, -0.25) is 9.69 Å². The molecule has 0 atom stereocenters. The minimum absolute atomic E-state index is 0.00492. The molecular formula is C24H30ClN3O3S. The van der Waals surface area contributed by atoms with Crippen molar-refractivity contribution in [2.24, 2.45) is 5.92 Å². The molecule has 172 valence electrons. The highest BCUT2D eigenvalue weighted by molar-refractivity contribution is 7.89. The highest BCUT2D eigenvalue weighted by Gasteiger charge is 2.32. The van der Waals surface area contributed by atoms with Crippen LogP contribution in [0.1, 0.15) is 36.8 Å². The summed E-state index contributed by atoms with van der Waals surface area (Å²) in [6, 6.07) is 14.6. The number of likely N-dealkylation sites (tertiary alicyclic amines) is 1. The average molecular weight is 476 g/mol. The zero-order valence-corrected chi connectivity index (χ0v) is 19.7. The fourth-order valence-corrected chi connectivity index (χ4v) is 6.00. The van der Waals surface area contributed by atoms with Crippen molar-refractivity contribution in [1.29, 1.82) is 0 Å². The molecular weight excluding hydrogens is 446 g/mol. The molecule has 6 nitrogen and oxygen atoms in total. The second-order valence-electron chi connectivity index (χ2n) is 8.65. The summed E-state index contributed by atoms with van der Waals surface area (Å²) in [7, 11) is -3.56. The van der Waals surface area contributed by atoms with Crippen LogP contribution >= 0.6 is 11.6 Å². The molecule has 2 fully saturated rings. The lowest BCUT2D eigenvalue weighted by Gasteiger charge is -2.30. The molecule has 0 aromatic heterocycles. The van der Waals surface area contributed by atoms with Gasteiger partial charge in [0, 0.05) is 37.1 Å². The van der Waals surface area contributed by atoms with Crippen LogP contribution in [0.2, 0.25) is 5.02 Å². The Kier molecular flexibility index (Phi) is 7.51. The molecule has 1 N–H and O–H groups in total. The van der Waals surface area contributed by atoms with Crippen LogP contribution in [-0.2, 0) is 27.9 Å². The van der Waals surface area contributed by atoms with Gasteiger partial charge < -0.3 is 5.32 Å². The maximum atomic E-state index is 12.8. The average Bonchev–Trinajstić information content (AvgIpc) is 3.32. The van der Waals surface area contributed by atoms with Gasteiger partial charge in [0.2, 0.25) is 15.9 Å². The first-order chi connectivity index (χ1) is 15.4. The van der Waals surface area contributed by atoms with Crippen molar-refractivity contribution < 1.29 is 13.2 Å². The van der Waals surface area contributed by atoms with Gasteiger partial charge in [0.05, 0.1) is 4.90 Å². The van der Waals surface area contributed by atoms with Gasteiger partial charge >= 0.3 is 0 Å². The van der Waals surface area contributed by atoms with E-state index in [9.17, 15) is 13.2 Å². The van der Waals surface area contributed by atoms with E-state index >= 15 is 0 Å². The van der Waals surface area contributed by atoms with E-state index in [1.54, 1.807) is 12.1 Å². The van der Waals surface area contributed by atoms with Gasteiger partial charge in [-0.25, -0.2) is 8.42 Å². The Bertz CT molecular complexity index is 1010. The van der Waals surface area contributed by atoms with E-state index in [2.05, 4.69) is 34.5 Å². The first kappa shape index (κ1) is 23.2. The van der Waals surface area contributed by atoms with Crippen LogP contribution < -0.4 is 5.32 Å². The lowest BCUT2D eigenvalue weighted by Crippen LogP contribution is -2.42. The molecule has 0 bridgehead atoms. The number of nitrogens with zero attached hydrogens (tertiary/aromatic N) is 2. The SMILES string of the molecule is O=C(NCc1ccc(CN2CCCC2)cc1)C1CCN(S(=O)(=O)c2ccc(Cl)cc2)CC1. The fraction of sp³-hybridized carbons (Fsp3) is 0.458. The number of carbonyl (C=O) groups excluding carboxylic acids is 1. The molecule has 2 aromatic rings. The summed E-state index contributed by atoms with van der Waals surface area (Å²) in [6.07, 6.45) is 3.62. The molecule has 4 rings (SSSR count). The highest BCUT2D eigenvalue weighted by atomic mass is 35.5. The standard InChI is InChI=1S/C24H30ClN3O3S/c25-22-7-9-23(10-8-22)32(30,31)28-15-11-21(12-16-28)24(29)26-17-19-3-5-20(6-4-19)18-27-13-1-2-14-27/h3-10,21H,1-2,11-18H2,(H,26,29). The number of rotatable bonds is 7. The van der Waals surface area contributed by atoms with E-state index in [-0.39, 0.29) is 16.7 Å². The van der Waals surface area contributed by atoms with E-state index in [1.165, 1.54) is 47.9 Å². The van der Waals surface area contributed by atoms with Crippen LogP contribution in [0.4, 0.5) is 0 Å². The Balaban J connectivity index is 1.24. The van der Waals surface area contributed by atoms with Gasteiger partial charge in [-0.2, -0.15) is 4.31 Å². The fourth-order valence-electron chi connectivity index (χ4n) is 4.41. The maximum Gasteiger partial charge on any atom is 0.243 e. The first-order valence-corrected chi connectivity index (χ1v) is 13.1. The zero-order chi connectivity index (χ0) is 22.6. The highest BCUT2D eigenvalue weighted by Crippen LogP contribution is 2.25. The van der Waals surface area contributed by atoms with Gasteiger partial charge in [-0.1, -0.05) is 35.9 Å². The summed E-state index contributed by atoms with van der Waals surface area (Å²) in [5.41, 5.74) is 2.38. The van der Waals surface area contributed by atoms with Crippen molar-refractivity contribution in [3.63, 3.8) is 0 Å². The second kappa shape index (κ2) is 10.3. The van der Waals surface area contributed by atoms with E-state index in [4.69, 9.17) is 11.6 Å². The number of amides is 1. The molecule has 32 heavy (non-hydrogen) atoms. The smallest absolute Gasteiger partial charge is 0.243 e. The number of piperidine rings is 1.